The number of hydrogen-bond donors (Lipinski definition) is 0. The third kappa shape index (κ3) is 5.47. The van der Waals surface area contributed by atoms with Gasteiger partial charge in [-0.15, -0.1) is 5.10 Å². The second kappa shape index (κ2) is 10.7. The van der Waals surface area contributed by atoms with Crippen LogP contribution in [-0.2, 0) is 11.2 Å². The lowest BCUT2D eigenvalue weighted by molar-refractivity contribution is -0.00230. The highest BCUT2D eigenvalue weighted by atomic mass is 79.9. The standard InChI is InChI=1S/C25H21BrCl2N6O3/c1-15-2-3-18(12-21(15)27)34-24(35)7-6-23(30-34)25(36)32-8-9-37-14-19(32)10-16-13-33(31-29-16)17-4-5-20(26)22(28)11-17/h2-7,11-13,19H,8-10,14H2,1H3. The van der Waals surface area contributed by atoms with Gasteiger partial charge >= 0.3 is 0 Å². The summed E-state index contributed by atoms with van der Waals surface area (Å²) in [6.07, 6.45) is 2.24. The molecule has 2 aromatic heterocycles. The van der Waals surface area contributed by atoms with Crippen LogP contribution in [0.25, 0.3) is 11.4 Å². The van der Waals surface area contributed by atoms with Crippen LogP contribution in [0.2, 0.25) is 10.0 Å². The summed E-state index contributed by atoms with van der Waals surface area (Å²) in [6.45, 7) is 3.00. The highest BCUT2D eigenvalue weighted by Crippen LogP contribution is 2.25. The highest BCUT2D eigenvalue weighted by molar-refractivity contribution is 9.10. The number of morpholine rings is 1. The van der Waals surface area contributed by atoms with Gasteiger partial charge in [-0.1, -0.05) is 34.5 Å². The molecule has 0 saturated carbocycles. The van der Waals surface area contributed by atoms with Crippen molar-refractivity contribution in [1.82, 2.24) is 29.7 Å². The Balaban J connectivity index is 1.38. The summed E-state index contributed by atoms with van der Waals surface area (Å²) in [5, 5.41) is 13.9. The Morgan fingerprint density at radius 2 is 1.89 bits per heavy atom. The first-order valence-corrected chi connectivity index (χ1v) is 13.0. The number of aromatic nitrogens is 5. The fourth-order valence-electron chi connectivity index (χ4n) is 4.05. The van der Waals surface area contributed by atoms with Crippen LogP contribution >= 0.6 is 39.1 Å². The zero-order valence-electron chi connectivity index (χ0n) is 19.6. The molecule has 0 radical (unpaired) electrons. The summed E-state index contributed by atoms with van der Waals surface area (Å²) in [7, 11) is 0. The quantitative estimate of drug-likeness (QED) is 0.338. The molecule has 2 aromatic carbocycles. The van der Waals surface area contributed by atoms with Crippen molar-refractivity contribution in [1.29, 1.82) is 0 Å². The van der Waals surface area contributed by atoms with Gasteiger partial charge in [-0.25, -0.2) is 4.68 Å². The monoisotopic (exact) mass is 602 g/mol. The number of aryl methyl sites for hydroxylation is 1. The highest BCUT2D eigenvalue weighted by Gasteiger charge is 2.30. The van der Waals surface area contributed by atoms with Gasteiger partial charge in [-0.05, 0) is 64.8 Å². The van der Waals surface area contributed by atoms with Crippen molar-refractivity contribution in [3.8, 4) is 11.4 Å². The van der Waals surface area contributed by atoms with E-state index in [1.54, 1.807) is 40.0 Å². The smallest absolute Gasteiger partial charge is 0.274 e. The fraction of sp³-hybridized carbons (Fsp3) is 0.240. The number of amides is 1. The molecule has 4 aromatic rings. The predicted molar refractivity (Wildman–Crippen MR) is 143 cm³/mol. The maximum atomic E-state index is 13.5. The van der Waals surface area contributed by atoms with E-state index in [2.05, 4.69) is 31.3 Å². The molecule has 0 bridgehead atoms. The molecule has 1 unspecified atom stereocenters. The maximum Gasteiger partial charge on any atom is 0.274 e. The largest absolute Gasteiger partial charge is 0.377 e. The molecular formula is C25H21BrCl2N6O3. The number of carbonyl (C=O) groups is 1. The van der Waals surface area contributed by atoms with Crippen LogP contribution < -0.4 is 5.56 Å². The summed E-state index contributed by atoms with van der Waals surface area (Å²) in [5.74, 6) is -0.299. The van der Waals surface area contributed by atoms with Crippen LogP contribution in [0.1, 0.15) is 21.7 Å². The van der Waals surface area contributed by atoms with E-state index >= 15 is 0 Å². The van der Waals surface area contributed by atoms with Crippen molar-refractivity contribution in [2.24, 2.45) is 0 Å². The Morgan fingerprint density at radius 1 is 1.11 bits per heavy atom. The van der Waals surface area contributed by atoms with E-state index in [1.165, 1.54) is 16.8 Å². The van der Waals surface area contributed by atoms with Crippen molar-refractivity contribution >= 4 is 45.0 Å². The van der Waals surface area contributed by atoms with Crippen molar-refractivity contribution in [3.63, 3.8) is 0 Å². The van der Waals surface area contributed by atoms with Crippen molar-refractivity contribution in [2.45, 2.75) is 19.4 Å². The second-order valence-corrected chi connectivity index (χ2v) is 10.3. The number of halogens is 3. The molecule has 1 amide bonds. The third-order valence-electron chi connectivity index (χ3n) is 6.06. The molecule has 1 fully saturated rings. The normalized spacial score (nSPS) is 15.7. The number of nitrogens with zero attached hydrogens (tertiary/aromatic N) is 6. The van der Waals surface area contributed by atoms with Crippen LogP contribution in [0.3, 0.4) is 0 Å². The van der Waals surface area contributed by atoms with Gasteiger partial charge in [0.25, 0.3) is 11.5 Å². The lowest BCUT2D eigenvalue weighted by Gasteiger charge is -2.35. The number of carbonyl (C=O) groups excluding carboxylic acids is 1. The van der Waals surface area contributed by atoms with Gasteiger partial charge in [0, 0.05) is 28.5 Å². The van der Waals surface area contributed by atoms with Crippen molar-refractivity contribution in [3.05, 3.63) is 96.6 Å². The Kier molecular flexibility index (Phi) is 7.43. The first-order valence-electron chi connectivity index (χ1n) is 11.4. The van der Waals surface area contributed by atoms with E-state index in [0.29, 0.717) is 47.6 Å². The molecule has 0 aliphatic carbocycles. The molecule has 190 valence electrons. The van der Waals surface area contributed by atoms with E-state index in [0.717, 1.165) is 15.7 Å². The van der Waals surface area contributed by atoms with Crippen LogP contribution in [-0.4, -0.2) is 61.4 Å². The molecule has 12 heteroatoms. The zero-order chi connectivity index (χ0) is 26.1. The van der Waals surface area contributed by atoms with Gasteiger partial charge in [0.1, 0.15) is 5.69 Å². The summed E-state index contributed by atoms with van der Waals surface area (Å²) < 4.78 is 9.27. The predicted octanol–water partition coefficient (Wildman–Crippen LogP) is 4.27. The SMILES string of the molecule is Cc1ccc(-n2nc(C(=O)N3CCOCC3Cc3cn(-c4ccc(Br)c(Cl)c4)nn3)ccc2=O)cc1Cl. The zero-order valence-corrected chi connectivity index (χ0v) is 22.7. The number of rotatable bonds is 5. The fourth-order valence-corrected chi connectivity index (χ4v) is 4.65. The first-order chi connectivity index (χ1) is 17.8. The maximum absolute atomic E-state index is 13.5. The molecule has 37 heavy (non-hydrogen) atoms. The third-order valence-corrected chi connectivity index (χ3v) is 7.70. The van der Waals surface area contributed by atoms with Gasteiger partial charge in [0.15, 0.2) is 0 Å². The van der Waals surface area contributed by atoms with Crippen LogP contribution in [0.4, 0.5) is 0 Å². The van der Waals surface area contributed by atoms with E-state index in [4.69, 9.17) is 27.9 Å². The Bertz CT molecular complexity index is 1540. The van der Waals surface area contributed by atoms with Crippen LogP contribution in [0.15, 0.2) is 64.0 Å². The van der Waals surface area contributed by atoms with Gasteiger partial charge in [0.2, 0.25) is 0 Å². The minimum Gasteiger partial charge on any atom is -0.377 e. The summed E-state index contributed by atoms with van der Waals surface area (Å²) >= 11 is 15.8. The molecule has 1 aliphatic rings. The topological polar surface area (TPSA) is 95.1 Å². The lowest BCUT2D eigenvalue weighted by Crippen LogP contribution is -2.50. The Hall–Kier alpha value is -3.05. The van der Waals surface area contributed by atoms with Gasteiger partial charge in [0.05, 0.1) is 47.5 Å². The van der Waals surface area contributed by atoms with E-state index < -0.39 is 0 Å². The molecule has 9 nitrogen and oxygen atoms in total. The molecule has 0 N–H and O–H groups in total. The molecule has 0 spiro atoms. The number of benzene rings is 2. The second-order valence-electron chi connectivity index (χ2n) is 8.59. The molecule has 1 atom stereocenters. The van der Waals surface area contributed by atoms with E-state index in [-0.39, 0.29) is 23.2 Å². The van der Waals surface area contributed by atoms with E-state index in [1.807, 2.05) is 19.1 Å². The number of ether oxygens (including phenoxy) is 1. The Morgan fingerprint density at radius 3 is 2.68 bits per heavy atom. The molecule has 1 saturated heterocycles. The molecule has 5 rings (SSSR count). The van der Waals surface area contributed by atoms with E-state index in [9.17, 15) is 9.59 Å². The van der Waals surface area contributed by atoms with Gasteiger partial charge in [-0.3, -0.25) is 9.59 Å². The van der Waals surface area contributed by atoms with Crippen LogP contribution in [0.5, 0.6) is 0 Å². The summed E-state index contributed by atoms with van der Waals surface area (Å²) in [4.78, 5) is 27.7. The first kappa shape index (κ1) is 25.6. The average Bonchev–Trinajstić information content (AvgIpc) is 3.36. The average molecular weight is 604 g/mol. The minimum absolute atomic E-state index is 0.149. The minimum atomic E-state index is -0.361. The summed E-state index contributed by atoms with van der Waals surface area (Å²) in [6, 6.07) is 13.2. The van der Waals surface area contributed by atoms with Crippen LogP contribution in [0, 0.1) is 6.92 Å². The molecular weight excluding hydrogens is 583 g/mol. The van der Waals surface area contributed by atoms with Gasteiger partial charge < -0.3 is 9.64 Å². The molecule has 3 heterocycles. The van der Waals surface area contributed by atoms with Crippen molar-refractivity contribution in [2.75, 3.05) is 19.8 Å². The number of hydrogen-bond acceptors (Lipinski definition) is 6. The van der Waals surface area contributed by atoms with Crippen molar-refractivity contribution < 1.29 is 9.53 Å². The lowest BCUT2D eigenvalue weighted by atomic mass is 10.1. The summed E-state index contributed by atoms with van der Waals surface area (Å²) in [5.41, 5.74) is 2.61. The molecule has 1 aliphatic heterocycles. The van der Waals surface area contributed by atoms with Gasteiger partial charge in [-0.2, -0.15) is 9.78 Å². The Labute approximate surface area is 230 Å².